The van der Waals surface area contributed by atoms with Crippen LogP contribution in [-0.2, 0) is 6.42 Å². The lowest BCUT2D eigenvalue weighted by Crippen LogP contribution is -2.13. The van der Waals surface area contributed by atoms with Crippen LogP contribution in [0.25, 0.3) is 16.5 Å². The Bertz CT molecular complexity index is 824. The highest BCUT2D eigenvalue weighted by molar-refractivity contribution is 7.07. The molecule has 0 aliphatic carbocycles. The first-order chi connectivity index (χ1) is 9.72. The van der Waals surface area contributed by atoms with Crippen molar-refractivity contribution >= 4 is 22.1 Å². The summed E-state index contributed by atoms with van der Waals surface area (Å²) in [5.41, 5.74) is 3.79. The molecule has 0 aliphatic rings. The van der Waals surface area contributed by atoms with Crippen LogP contribution in [0.5, 0.6) is 0 Å². The third-order valence-electron chi connectivity index (χ3n) is 3.62. The first-order valence-electron chi connectivity index (χ1n) is 6.86. The van der Waals surface area contributed by atoms with Gasteiger partial charge in [-0.3, -0.25) is 9.56 Å². The number of nitrogens with zero attached hydrogens (tertiary/aromatic N) is 2. The molecule has 0 unspecified atom stereocenters. The molecule has 0 spiro atoms. The number of thiazole rings is 1. The zero-order valence-electron chi connectivity index (χ0n) is 12.1. The molecule has 2 nitrogen and oxygen atoms in total. The Morgan fingerprint density at radius 2 is 1.85 bits per heavy atom. The van der Waals surface area contributed by atoms with Crippen LogP contribution < -0.4 is 4.80 Å². The number of hydrogen-bond acceptors (Lipinski definition) is 2. The Kier molecular flexibility index (Phi) is 3.45. The minimum atomic E-state index is 1.03. The summed E-state index contributed by atoms with van der Waals surface area (Å²) in [6, 6.07) is 13.3. The van der Waals surface area contributed by atoms with Crippen molar-refractivity contribution in [3.8, 4) is 5.69 Å². The highest BCUT2D eigenvalue weighted by Gasteiger charge is 2.05. The van der Waals surface area contributed by atoms with Crippen LogP contribution in [0.2, 0.25) is 0 Å². The van der Waals surface area contributed by atoms with Gasteiger partial charge in [-0.1, -0.05) is 31.2 Å². The highest BCUT2D eigenvalue weighted by Crippen LogP contribution is 2.21. The van der Waals surface area contributed by atoms with Gasteiger partial charge in [-0.25, -0.2) is 0 Å². The molecule has 0 saturated carbocycles. The van der Waals surface area contributed by atoms with Crippen molar-refractivity contribution < 1.29 is 0 Å². The second-order valence-electron chi connectivity index (χ2n) is 4.94. The number of fused-ring (bicyclic) bond motifs is 1. The van der Waals surface area contributed by atoms with Crippen LogP contribution in [0.3, 0.4) is 0 Å². The maximum absolute atomic E-state index is 4.36. The topological polar surface area (TPSA) is 17.3 Å². The third-order valence-corrected chi connectivity index (χ3v) is 4.66. The monoisotopic (exact) mass is 282 g/mol. The Morgan fingerprint density at radius 3 is 2.60 bits per heavy atom. The number of aryl methyl sites for hydroxylation is 2. The van der Waals surface area contributed by atoms with Crippen LogP contribution in [0.1, 0.15) is 18.2 Å². The summed E-state index contributed by atoms with van der Waals surface area (Å²) in [4.78, 5) is 5.39. The van der Waals surface area contributed by atoms with Crippen molar-refractivity contribution in [1.29, 1.82) is 0 Å². The van der Waals surface area contributed by atoms with E-state index in [9.17, 15) is 0 Å². The summed E-state index contributed by atoms with van der Waals surface area (Å²) in [5, 5.41) is 4.73. The van der Waals surface area contributed by atoms with Gasteiger partial charge in [0, 0.05) is 23.8 Å². The summed E-state index contributed by atoms with van der Waals surface area (Å²) < 4.78 is 2.21. The lowest BCUT2D eigenvalue weighted by atomic mass is 10.0. The summed E-state index contributed by atoms with van der Waals surface area (Å²) in [7, 11) is 1.84. The van der Waals surface area contributed by atoms with Gasteiger partial charge in [-0.2, -0.15) is 0 Å². The van der Waals surface area contributed by atoms with E-state index in [4.69, 9.17) is 0 Å². The Labute approximate surface area is 123 Å². The molecule has 0 bridgehead atoms. The van der Waals surface area contributed by atoms with E-state index < -0.39 is 0 Å². The molecule has 20 heavy (non-hydrogen) atoms. The quantitative estimate of drug-likeness (QED) is 0.673. The van der Waals surface area contributed by atoms with E-state index in [2.05, 4.69) is 65.2 Å². The maximum atomic E-state index is 4.36. The lowest BCUT2D eigenvalue weighted by Gasteiger charge is -2.08. The third kappa shape index (κ3) is 2.18. The normalized spacial score (nSPS) is 12.2. The van der Waals surface area contributed by atoms with Gasteiger partial charge in [0.05, 0.1) is 0 Å². The van der Waals surface area contributed by atoms with Gasteiger partial charge in [0.15, 0.2) is 4.80 Å². The molecule has 1 aromatic heterocycles. The molecule has 0 N–H and O–H groups in total. The second-order valence-corrected chi connectivity index (χ2v) is 5.77. The molecule has 0 saturated heterocycles. The molecule has 3 rings (SSSR count). The van der Waals surface area contributed by atoms with Gasteiger partial charge in [-0.15, -0.1) is 11.3 Å². The van der Waals surface area contributed by atoms with Crippen molar-refractivity contribution in [2.24, 2.45) is 4.99 Å². The van der Waals surface area contributed by atoms with Crippen LogP contribution >= 0.6 is 11.3 Å². The maximum Gasteiger partial charge on any atom is 0.189 e. The Morgan fingerprint density at radius 1 is 1.10 bits per heavy atom. The standard InChI is InChI=1S/C17H18N2S/c1-4-13-5-6-15-10-16(8-7-14(15)9-13)19-12(2)11-20-17(19)18-3/h5-11H,4H2,1-3H3. The molecule has 102 valence electrons. The molecule has 0 fully saturated rings. The van der Waals surface area contributed by atoms with Gasteiger partial charge in [0.2, 0.25) is 0 Å². The van der Waals surface area contributed by atoms with Crippen LogP contribution in [0.4, 0.5) is 0 Å². The molecule has 0 aliphatic heterocycles. The van der Waals surface area contributed by atoms with Gasteiger partial charge in [0.25, 0.3) is 0 Å². The Hall–Kier alpha value is -1.87. The fraction of sp³-hybridized carbons (Fsp3) is 0.235. The van der Waals surface area contributed by atoms with Gasteiger partial charge >= 0.3 is 0 Å². The number of hydrogen-bond donors (Lipinski definition) is 0. The minimum Gasteiger partial charge on any atom is -0.290 e. The average Bonchev–Trinajstić information content (AvgIpc) is 2.87. The first kappa shape index (κ1) is 13.1. The molecular weight excluding hydrogens is 264 g/mol. The van der Waals surface area contributed by atoms with E-state index >= 15 is 0 Å². The van der Waals surface area contributed by atoms with E-state index in [0.29, 0.717) is 0 Å². The zero-order valence-corrected chi connectivity index (χ0v) is 12.9. The molecule has 0 amide bonds. The van der Waals surface area contributed by atoms with Crippen molar-refractivity contribution in [1.82, 2.24) is 4.57 Å². The highest BCUT2D eigenvalue weighted by atomic mass is 32.1. The van der Waals surface area contributed by atoms with Crippen molar-refractivity contribution in [3.63, 3.8) is 0 Å². The van der Waals surface area contributed by atoms with Crippen molar-refractivity contribution in [3.05, 3.63) is 57.8 Å². The van der Waals surface area contributed by atoms with Gasteiger partial charge in [0.1, 0.15) is 0 Å². The smallest absolute Gasteiger partial charge is 0.189 e. The van der Waals surface area contributed by atoms with Crippen LogP contribution in [0.15, 0.2) is 46.8 Å². The molecule has 3 aromatic rings. The lowest BCUT2D eigenvalue weighted by molar-refractivity contribution is 0.946. The van der Waals surface area contributed by atoms with Crippen LogP contribution in [0, 0.1) is 6.92 Å². The van der Waals surface area contributed by atoms with E-state index in [1.54, 1.807) is 11.3 Å². The number of benzene rings is 2. The number of rotatable bonds is 2. The number of aromatic nitrogens is 1. The van der Waals surface area contributed by atoms with E-state index in [1.165, 1.54) is 27.7 Å². The fourth-order valence-corrected chi connectivity index (χ4v) is 3.34. The summed E-state index contributed by atoms with van der Waals surface area (Å²) >= 11 is 1.68. The molecule has 3 heteroatoms. The van der Waals surface area contributed by atoms with Crippen molar-refractivity contribution in [2.75, 3.05) is 7.05 Å². The average molecular weight is 282 g/mol. The second kappa shape index (κ2) is 5.25. The van der Waals surface area contributed by atoms with E-state index in [1.807, 2.05) is 7.05 Å². The fourth-order valence-electron chi connectivity index (χ4n) is 2.50. The minimum absolute atomic E-state index is 1.03. The predicted octanol–water partition coefficient (Wildman–Crippen LogP) is 4.09. The SMILES string of the molecule is CCc1ccc2cc(-n3c(C)csc3=NC)ccc2c1. The molecule has 0 atom stereocenters. The first-order valence-corrected chi connectivity index (χ1v) is 7.74. The van der Waals surface area contributed by atoms with Crippen molar-refractivity contribution in [2.45, 2.75) is 20.3 Å². The zero-order chi connectivity index (χ0) is 14.1. The Balaban J connectivity index is 2.21. The molecular formula is C17H18N2S. The van der Waals surface area contributed by atoms with Crippen LogP contribution in [-0.4, -0.2) is 11.6 Å². The summed E-state index contributed by atoms with van der Waals surface area (Å²) in [6.45, 7) is 4.31. The largest absolute Gasteiger partial charge is 0.290 e. The molecule has 1 heterocycles. The van der Waals surface area contributed by atoms with Gasteiger partial charge in [-0.05, 0) is 41.8 Å². The van der Waals surface area contributed by atoms with E-state index in [-0.39, 0.29) is 0 Å². The van der Waals surface area contributed by atoms with E-state index in [0.717, 1.165) is 11.2 Å². The molecule has 2 aromatic carbocycles. The van der Waals surface area contributed by atoms with Gasteiger partial charge < -0.3 is 0 Å². The summed E-state index contributed by atoms with van der Waals surface area (Å²) in [6.07, 6.45) is 1.08. The predicted molar refractivity (Wildman–Crippen MR) is 86.8 cm³/mol. The molecule has 0 radical (unpaired) electrons. The summed E-state index contributed by atoms with van der Waals surface area (Å²) in [5.74, 6) is 0.